The van der Waals surface area contributed by atoms with Gasteiger partial charge in [0.1, 0.15) is 6.29 Å². The van der Waals surface area contributed by atoms with Gasteiger partial charge >= 0.3 is 5.97 Å². The van der Waals surface area contributed by atoms with Crippen LogP contribution in [-0.2, 0) is 19.2 Å². The third-order valence-corrected chi connectivity index (χ3v) is 4.44. The molecule has 1 rings (SSSR count). The molecule has 8 heteroatoms. The third kappa shape index (κ3) is 8.62. The molecule has 1 saturated heterocycles. The zero-order chi connectivity index (χ0) is 18.7. The Hall–Kier alpha value is -1.96. The zero-order valence-electron chi connectivity index (χ0n) is 14.8. The molecule has 1 heterocycles. The Morgan fingerprint density at radius 2 is 2.00 bits per heavy atom. The van der Waals surface area contributed by atoms with E-state index in [1.807, 2.05) is 0 Å². The van der Waals surface area contributed by atoms with Crippen molar-refractivity contribution in [3.8, 4) is 0 Å². The highest BCUT2D eigenvalue weighted by Crippen LogP contribution is 2.19. The Morgan fingerprint density at radius 1 is 1.32 bits per heavy atom. The fourth-order valence-electron chi connectivity index (χ4n) is 2.99. The molecule has 1 fully saturated rings. The second-order valence-electron chi connectivity index (χ2n) is 6.40. The van der Waals surface area contributed by atoms with Gasteiger partial charge in [-0.05, 0) is 51.6 Å². The van der Waals surface area contributed by atoms with Gasteiger partial charge in [0.05, 0.1) is 19.0 Å². The number of amides is 2. The molecule has 0 spiro atoms. The van der Waals surface area contributed by atoms with E-state index in [-0.39, 0.29) is 12.5 Å². The maximum absolute atomic E-state index is 12.3. The summed E-state index contributed by atoms with van der Waals surface area (Å²) in [6, 6.07) is -1.07. The summed E-state index contributed by atoms with van der Waals surface area (Å²) in [6.45, 7) is 4.09. The summed E-state index contributed by atoms with van der Waals surface area (Å²) in [5.74, 6) is -1.12. The molecule has 0 bridgehead atoms. The molecule has 8 nitrogen and oxygen atoms in total. The van der Waals surface area contributed by atoms with Crippen LogP contribution >= 0.6 is 0 Å². The van der Waals surface area contributed by atoms with E-state index in [0.717, 1.165) is 38.8 Å². The molecule has 0 unspecified atom stereocenters. The standard InChI is InChI=1S/C17H29N3O5/c1-2-20(11-15(22)19-14(12-21)10-17(24)25)16(23)5-3-4-13-6-8-18-9-7-13/h12-14,18H,2-11H2,1H3,(H,19,22)(H,24,25)/t14-/m0/s1. The zero-order valence-corrected chi connectivity index (χ0v) is 14.8. The van der Waals surface area contributed by atoms with Crippen LogP contribution in [0, 0.1) is 5.92 Å². The molecule has 1 aliphatic rings. The predicted octanol–water partition coefficient (Wildman–Crippen LogP) is 0.163. The van der Waals surface area contributed by atoms with Crippen molar-refractivity contribution in [3.05, 3.63) is 0 Å². The van der Waals surface area contributed by atoms with Gasteiger partial charge in [-0.1, -0.05) is 0 Å². The molecular formula is C17H29N3O5. The average molecular weight is 355 g/mol. The minimum absolute atomic E-state index is 0.0903. The summed E-state index contributed by atoms with van der Waals surface area (Å²) in [5.41, 5.74) is 0. The van der Waals surface area contributed by atoms with Crippen molar-refractivity contribution < 1.29 is 24.3 Å². The van der Waals surface area contributed by atoms with Crippen LogP contribution in [0.1, 0.15) is 45.4 Å². The predicted molar refractivity (Wildman–Crippen MR) is 91.9 cm³/mol. The van der Waals surface area contributed by atoms with E-state index in [1.165, 1.54) is 4.90 Å². The number of aliphatic carboxylic acids is 1. The van der Waals surface area contributed by atoms with Gasteiger partial charge in [0.25, 0.3) is 0 Å². The quantitative estimate of drug-likeness (QED) is 0.455. The monoisotopic (exact) mass is 355 g/mol. The number of carbonyl (C=O) groups is 4. The summed E-state index contributed by atoms with van der Waals surface area (Å²) >= 11 is 0. The lowest BCUT2D eigenvalue weighted by atomic mass is 9.92. The van der Waals surface area contributed by atoms with Gasteiger partial charge in [-0.3, -0.25) is 14.4 Å². The van der Waals surface area contributed by atoms with Gasteiger partial charge in [-0.2, -0.15) is 0 Å². The molecule has 25 heavy (non-hydrogen) atoms. The van der Waals surface area contributed by atoms with Crippen molar-refractivity contribution in [1.82, 2.24) is 15.5 Å². The lowest BCUT2D eigenvalue weighted by Crippen LogP contribution is -2.45. The largest absolute Gasteiger partial charge is 0.481 e. The van der Waals surface area contributed by atoms with Crippen molar-refractivity contribution in [2.75, 3.05) is 26.2 Å². The Balaban J connectivity index is 2.34. The lowest BCUT2D eigenvalue weighted by molar-refractivity contribution is -0.140. The van der Waals surface area contributed by atoms with Crippen LogP contribution < -0.4 is 10.6 Å². The number of piperidine rings is 1. The number of carboxylic acids is 1. The molecule has 0 aromatic heterocycles. The first kappa shape index (κ1) is 21.1. The van der Waals surface area contributed by atoms with Crippen LogP contribution in [-0.4, -0.2) is 66.3 Å². The normalized spacial score (nSPS) is 16.0. The van der Waals surface area contributed by atoms with Crippen molar-refractivity contribution in [1.29, 1.82) is 0 Å². The second-order valence-corrected chi connectivity index (χ2v) is 6.40. The molecule has 1 aliphatic heterocycles. The molecule has 0 aromatic rings. The highest BCUT2D eigenvalue weighted by atomic mass is 16.4. The second kappa shape index (κ2) is 11.6. The average Bonchev–Trinajstić information content (AvgIpc) is 2.59. The van der Waals surface area contributed by atoms with E-state index in [2.05, 4.69) is 10.6 Å². The van der Waals surface area contributed by atoms with Crippen LogP contribution in [0.3, 0.4) is 0 Å². The lowest BCUT2D eigenvalue weighted by Gasteiger charge is -2.24. The number of rotatable bonds is 11. The maximum atomic E-state index is 12.3. The molecular weight excluding hydrogens is 326 g/mol. The number of aldehydes is 1. The number of carbonyl (C=O) groups excluding carboxylic acids is 3. The number of carboxylic acid groups (broad SMARTS) is 1. The number of likely N-dealkylation sites (N-methyl/N-ethyl adjacent to an activating group) is 1. The van der Waals surface area contributed by atoms with E-state index in [1.54, 1.807) is 6.92 Å². The van der Waals surface area contributed by atoms with Gasteiger partial charge in [-0.25, -0.2) is 0 Å². The van der Waals surface area contributed by atoms with Gasteiger partial charge in [-0.15, -0.1) is 0 Å². The van der Waals surface area contributed by atoms with E-state index >= 15 is 0 Å². The molecule has 142 valence electrons. The SMILES string of the molecule is CCN(CC(=O)N[C@H](C=O)CC(=O)O)C(=O)CCCC1CCNCC1. The van der Waals surface area contributed by atoms with Crippen molar-refractivity contribution in [2.24, 2.45) is 5.92 Å². The molecule has 3 N–H and O–H groups in total. The Kier molecular flexibility index (Phi) is 9.76. The van der Waals surface area contributed by atoms with Crippen molar-refractivity contribution in [2.45, 2.75) is 51.5 Å². The minimum atomic E-state index is -1.17. The maximum Gasteiger partial charge on any atom is 0.305 e. The van der Waals surface area contributed by atoms with Crippen LogP contribution in [0.4, 0.5) is 0 Å². The first-order valence-electron chi connectivity index (χ1n) is 8.91. The summed E-state index contributed by atoms with van der Waals surface area (Å²) in [6.07, 6.45) is 4.43. The Morgan fingerprint density at radius 3 is 2.56 bits per heavy atom. The fourth-order valence-corrected chi connectivity index (χ4v) is 2.99. The van der Waals surface area contributed by atoms with E-state index in [4.69, 9.17) is 5.11 Å². The smallest absolute Gasteiger partial charge is 0.305 e. The first-order valence-corrected chi connectivity index (χ1v) is 8.91. The molecule has 0 radical (unpaired) electrons. The summed E-state index contributed by atoms with van der Waals surface area (Å²) in [4.78, 5) is 47.0. The number of hydrogen-bond donors (Lipinski definition) is 3. The summed E-state index contributed by atoms with van der Waals surface area (Å²) < 4.78 is 0. The third-order valence-electron chi connectivity index (χ3n) is 4.44. The highest BCUT2D eigenvalue weighted by molar-refractivity contribution is 5.87. The number of nitrogens with zero attached hydrogens (tertiary/aromatic N) is 1. The van der Waals surface area contributed by atoms with Gasteiger partial charge in [0.2, 0.25) is 11.8 Å². The summed E-state index contributed by atoms with van der Waals surface area (Å²) in [5, 5.41) is 14.3. The molecule has 0 aromatic carbocycles. The van der Waals surface area contributed by atoms with Crippen LogP contribution in [0.25, 0.3) is 0 Å². The number of nitrogens with one attached hydrogen (secondary N) is 2. The van der Waals surface area contributed by atoms with Crippen LogP contribution in [0.5, 0.6) is 0 Å². The molecule has 2 amide bonds. The Bertz CT molecular complexity index is 463. The molecule has 0 saturated carbocycles. The highest BCUT2D eigenvalue weighted by Gasteiger charge is 2.20. The topological polar surface area (TPSA) is 116 Å². The van der Waals surface area contributed by atoms with Crippen LogP contribution in [0.15, 0.2) is 0 Å². The minimum Gasteiger partial charge on any atom is -0.481 e. The van der Waals surface area contributed by atoms with E-state index in [0.29, 0.717) is 25.2 Å². The van der Waals surface area contributed by atoms with E-state index in [9.17, 15) is 19.2 Å². The first-order chi connectivity index (χ1) is 12.0. The van der Waals surface area contributed by atoms with Crippen molar-refractivity contribution in [3.63, 3.8) is 0 Å². The molecule has 1 atom stereocenters. The van der Waals surface area contributed by atoms with E-state index < -0.39 is 24.3 Å². The summed E-state index contributed by atoms with van der Waals surface area (Å²) in [7, 11) is 0. The van der Waals surface area contributed by atoms with Gasteiger partial charge in [0.15, 0.2) is 0 Å². The Labute approximate surface area is 148 Å². The number of hydrogen-bond acceptors (Lipinski definition) is 5. The van der Waals surface area contributed by atoms with Gasteiger partial charge < -0.3 is 25.4 Å². The van der Waals surface area contributed by atoms with Gasteiger partial charge in [0, 0.05) is 13.0 Å². The fraction of sp³-hybridized carbons (Fsp3) is 0.765. The van der Waals surface area contributed by atoms with Crippen molar-refractivity contribution >= 4 is 24.1 Å². The van der Waals surface area contributed by atoms with Crippen LogP contribution in [0.2, 0.25) is 0 Å². The molecule has 0 aliphatic carbocycles.